The lowest BCUT2D eigenvalue weighted by Crippen LogP contribution is -2.13. The lowest BCUT2D eigenvalue weighted by molar-refractivity contribution is 0.102. The summed E-state index contributed by atoms with van der Waals surface area (Å²) in [5, 5.41) is 13.2. The van der Waals surface area contributed by atoms with Crippen LogP contribution in [0.5, 0.6) is 5.75 Å². The maximum absolute atomic E-state index is 12.8. The Morgan fingerprint density at radius 1 is 1.03 bits per heavy atom. The Bertz CT molecular complexity index is 1280. The third kappa shape index (κ3) is 4.04. The molecule has 0 radical (unpaired) electrons. The van der Waals surface area contributed by atoms with Gasteiger partial charge in [0.15, 0.2) is 5.58 Å². The number of fused-ring (bicyclic) bond motifs is 1. The van der Waals surface area contributed by atoms with Gasteiger partial charge in [0.05, 0.1) is 11.1 Å². The molecule has 2 N–H and O–H groups in total. The summed E-state index contributed by atoms with van der Waals surface area (Å²) in [6.07, 6.45) is 0. The topological polar surface area (TPSA) is 75.4 Å². The Morgan fingerprint density at radius 3 is 2.53 bits per heavy atom. The van der Waals surface area contributed by atoms with Crippen LogP contribution in [0.4, 0.5) is 5.69 Å². The van der Waals surface area contributed by atoms with Crippen LogP contribution in [0.15, 0.2) is 60.3 Å². The molecule has 0 aliphatic carbocycles. The zero-order chi connectivity index (χ0) is 21.6. The van der Waals surface area contributed by atoms with Crippen molar-refractivity contribution in [1.29, 1.82) is 0 Å². The molecular formula is C22H15Br3N2O3. The van der Waals surface area contributed by atoms with Crippen LogP contribution in [0.25, 0.3) is 22.6 Å². The molecule has 0 spiro atoms. The Hall–Kier alpha value is -2.16. The summed E-state index contributed by atoms with van der Waals surface area (Å²) < 4.78 is 8.03. The Labute approximate surface area is 197 Å². The smallest absolute Gasteiger partial charge is 0.256 e. The first kappa shape index (κ1) is 21.1. The van der Waals surface area contributed by atoms with E-state index in [-0.39, 0.29) is 17.5 Å². The van der Waals surface area contributed by atoms with Gasteiger partial charge >= 0.3 is 0 Å². The number of benzene rings is 3. The number of anilines is 1. The van der Waals surface area contributed by atoms with Gasteiger partial charge in [-0.1, -0.05) is 15.9 Å². The van der Waals surface area contributed by atoms with Gasteiger partial charge in [-0.3, -0.25) is 4.79 Å². The second-order valence-corrected chi connectivity index (χ2v) is 9.42. The molecule has 0 saturated heterocycles. The number of rotatable bonds is 3. The number of aryl methyl sites for hydroxylation is 2. The predicted octanol–water partition coefficient (Wildman–Crippen LogP) is 7.36. The van der Waals surface area contributed by atoms with Gasteiger partial charge in [-0.2, -0.15) is 0 Å². The highest BCUT2D eigenvalue weighted by molar-refractivity contribution is 9.13. The van der Waals surface area contributed by atoms with E-state index in [0.717, 1.165) is 20.1 Å². The molecule has 0 atom stereocenters. The van der Waals surface area contributed by atoms with Gasteiger partial charge in [0.2, 0.25) is 5.89 Å². The van der Waals surface area contributed by atoms with Crippen molar-refractivity contribution < 1.29 is 14.3 Å². The maximum atomic E-state index is 12.8. The van der Waals surface area contributed by atoms with Crippen LogP contribution in [0.2, 0.25) is 0 Å². The summed E-state index contributed by atoms with van der Waals surface area (Å²) in [6.45, 7) is 4.01. The van der Waals surface area contributed by atoms with Crippen molar-refractivity contribution in [2.75, 3.05) is 5.32 Å². The molecular weight excluding hydrogens is 580 g/mol. The van der Waals surface area contributed by atoms with Crippen LogP contribution in [-0.4, -0.2) is 16.0 Å². The third-order valence-electron chi connectivity index (χ3n) is 4.73. The van der Waals surface area contributed by atoms with E-state index in [1.54, 1.807) is 18.2 Å². The fourth-order valence-corrected chi connectivity index (χ4v) is 4.63. The molecule has 1 amide bonds. The molecule has 30 heavy (non-hydrogen) atoms. The Kier molecular flexibility index (Phi) is 5.74. The van der Waals surface area contributed by atoms with E-state index in [2.05, 4.69) is 58.1 Å². The monoisotopic (exact) mass is 592 g/mol. The molecule has 4 rings (SSSR count). The highest BCUT2D eigenvalue weighted by Gasteiger charge is 2.17. The first-order valence-corrected chi connectivity index (χ1v) is 11.3. The van der Waals surface area contributed by atoms with E-state index in [0.29, 0.717) is 32.4 Å². The van der Waals surface area contributed by atoms with E-state index >= 15 is 0 Å². The third-order valence-corrected chi connectivity index (χ3v) is 7.20. The van der Waals surface area contributed by atoms with Gasteiger partial charge in [-0.25, -0.2) is 4.98 Å². The van der Waals surface area contributed by atoms with Crippen LogP contribution in [-0.2, 0) is 0 Å². The summed E-state index contributed by atoms with van der Waals surface area (Å²) in [4.78, 5) is 17.3. The van der Waals surface area contributed by atoms with Crippen LogP contribution >= 0.6 is 47.8 Å². The summed E-state index contributed by atoms with van der Waals surface area (Å²) in [5.74, 6) is -0.00121. The van der Waals surface area contributed by atoms with Crippen molar-refractivity contribution >= 4 is 70.5 Å². The number of phenols is 1. The summed E-state index contributed by atoms with van der Waals surface area (Å²) in [7, 11) is 0. The summed E-state index contributed by atoms with van der Waals surface area (Å²) >= 11 is 10.2. The minimum Gasteiger partial charge on any atom is -0.507 e. The maximum Gasteiger partial charge on any atom is 0.256 e. The number of amides is 1. The van der Waals surface area contributed by atoms with Gasteiger partial charge in [-0.05, 0) is 99.3 Å². The van der Waals surface area contributed by atoms with Crippen molar-refractivity contribution in [2.24, 2.45) is 0 Å². The molecule has 8 heteroatoms. The number of halogens is 3. The van der Waals surface area contributed by atoms with Gasteiger partial charge in [0, 0.05) is 19.1 Å². The lowest BCUT2D eigenvalue weighted by Gasteiger charge is -2.10. The number of nitrogens with one attached hydrogen (secondary N) is 1. The van der Waals surface area contributed by atoms with Crippen molar-refractivity contribution in [2.45, 2.75) is 13.8 Å². The van der Waals surface area contributed by atoms with E-state index in [9.17, 15) is 9.90 Å². The van der Waals surface area contributed by atoms with Crippen molar-refractivity contribution in [1.82, 2.24) is 4.98 Å². The zero-order valence-corrected chi connectivity index (χ0v) is 20.6. The SMILES string of the molecule is Cc1cc2nc(-c3cc(NC(=O)c4cc(Br)cc(Br)c4Br)ccc3O)oc2cc1C. The molecule has 1 aromatic heterocycles. The number of nitrogens with zero attached hydrogens (tertiary/aromatic N) is 1. The molecule has 4 aromatic rings. The molecule has 3 aromatic carbocycles. The van der Waals surface area contributed by atoms with E-state index in [1.807, 2.05) is 32.0 Å². The molecule has 0 fully saturated rings. The van der Waals surface area contributed by atoms with Crippen LogP contribution in [0.3, 0.4) is 0 Å². The zero-order valence-electron chi connectivity index (χ0n) is 15.9. The van der Waals surface area contributed by atoms with Crippen LogP contribution < -0.4 is 5.32 Å². The number of phenolic OH excluding ortho intramolecular Hbond substituents is 1. The molecule has 152 valence electrons. The average Bonchev–Trinajstić information content (AvgIpc) is 3.08. The van der Waals surface area contributed by atoms with Crippen LogP contribution in [0.1, 0.15) is 21.5 Å². The van der Waals surface area contributed by atoms with Gasteiger partial charge in [0.25, 0.3) is 5.91 Å². The van der Waals surface area contributed by atoms with Crippen molar-refractivity contribution in [3.63, 3.8) is 0 Å². The standard InChI is InChI=1S/C22H15Br3N2O3/c1-10-5-17-19(6-11(10)2)30-22(27-17)14-9-13(3-4-18(14)28)26-21(29)15-7-12(23)8-16(24)20(15)25/h3-9,28H,1-2H3,(H,26,29). The molecule has 0 aliphatic heterocycles. The second kappa shape index (κ2) is 8.17. The van der Waals surface area contributed by atoms with Gasteiger partial charge in [0.1, 0.15) is 11.3 Å². The molecule has 5 nitrogen and oxygen atoms in total. The number of carbonyl (C=O) groups is 1. The molecule has 0 bridgehead atoms. The molecule has 0 saturated carbocycles. The number of hydrogen-bond donors (Lipinski definition) is 2. The number of hydrogen-bond acceptors (Lipinski definition) is 4. The summed E-state index contributed by atoms with van der Waals surface area (Å²) in [6, 6.07) is 12.2. The molecule has 1 heterocycles. The Balaban J connectivity index is 1.70. The minimum absolute atomic E-state index is 0.0133. The highest BCUT2D eigenvalue weighted by Crippen LogP contribution is 2.35. The predicted molar refractivity (Wildman–Crippen MR) is 128 cm³/mol. The van der Waals surface area contributed by atoms with E-state index in [1.165, 1.54) is 6.07 Å². The average molecular weight is 595 g/mol. The fourth-order valence-electron chi connectivity index (χ4n) is 3.00. The lowest BCUT2D eigenvalue weighted by atomic mass is 10.1. The number of aromatic nitrogens is 1. The Morgan fingerprint density at radius 2 is 1.77 bits per heavy atom. The first-order valence-electron chi connectivity index (χ1n) is 8.90. The molecule has 0 aliphatic rings. The van der Waals surface area contributed by atoms with Gasteiger partial charge in [-0.15, -0.1) is 0 Å². The fraction of sp³-hybridized carbons (Fsp3) is 0.0909. The second-order valence-electron chi connectivity index (χ2n) is 6.86. The normalized spacial score (nSPS) is 11.1. The highest BCUT2D eigenvalue weighted by atomic mass is 79.9. The van der Waals surface area contributed by atoms with Crippen LogP contribution in [0, 0.1) is 13.8 Å². The largest absolute Gasteiger partial charge is 0.507 e. The summed E-state index contributed by atoms with van der Waals surface area (Å²) in [5.41, 5.74) is 4.92. The first-order chi connectivity index (χ1) is 14.2. The number of aromatic hydroxyl groups is 1. The molecule has 0 unspecified atom stereocenters. The number of oxazole rings is 1. The van der Waals surface area contributed by atoms with Crippen molar-refractivity contribution in [3.8, 4) is 17.2 Å². The quantitative estimate of drug-likeness (QED) is 0.192. The van der Waals surface area contributed by atoms with Gasteiger partial charge < -0.3 is 14.8 Å². The van der Waals surface area contributed by atoms with E-state index in [4.69, 9.17) is 4.42 Å². The minimum atomic E-state index is -0.302. The number of carbonyl (C=O) groups excluding carboxylic acids is 1. The van der Waals surface area contributed by atoms with Crippen molar-refractivity contribution in [3.05, 3.63) is 72.6 Å². The van der Waals surface area contributed by atoms with E-state index < -0.39 is 0 Å².